The van der Waals surface area contributed by atoms with Crippen molar-refractivity contribution in [3.63, 3.8) is 0 Å². The molecule has 10 heteroatoms. The fourth-order valence-electron chi connectivity index (χ4n) is 4.12. The summed E-state index contributed by atoms with van der Waals surface area (Å²) < 4.78 is 39.0. The summed E-state index contributed by atoms with van der Waals surface area (Å²) in [6.45, 7) is 1.76. The van der Waals surface area contributed by atoms with Crippen molar-refractivity contribution in [3.8, 4) is 0 Å². The van der Waals surface area contributed by atoms with Gasteiger partial charge in [0.25, 0.3) is 11.8 Å². The standard InChI is InChI=1S/C24H25F3N4O2S/c25-24(26,27)18-4-5-19(30-14-18)23(33)31-11-7-16(8-12-31)3-1-2-9-29-22(32)20-13-17-6-10-28-15-21(17)34-20/h4-6,10,13-16H,1-3,7-9,11-12H2,(H,29,32). The Morgan fingerprint density at radius 1 is 1.12 bits per heavy atom. The first-order valence-electron chi connectivity index (χ1n) is 11.3. The molecule has 3 aromatic heterocycles. The van der Waals surface area contributed by atoms with Crippen LogP contribution in [-0.2, 0) is 6.18 Å². The molecule has 0 spiro atoms. The monoisotopic (exact) mass is 490 g/mol. The smallest absolute Gasteiger partial charge is 0.351 e. The number of halogens is 3. The molecule has 4 rings (SSSR count). The SMILES string of the molecule is O=C(NCCCCC1CCN(C(=O)c2ccc(C(F)(F)F)cn2)CC1)c1cc2ccncc2s1. The molecule has 3 aromatic rings. The predicted molar refractivity (Wildman–Crippen MR) is 124 cm³/mol. The number of pyridine rings is 2. The predicted octanol–water partition coefficient (Wildman–Crippen LogP) is 5.16. The molecule has 0 radical (unpaired) electrons. The van der Waals surface area contributed by atoms with Crippen LogP contribution >= 0.6 is 11.3 Å². The van der Waals surface area contributed by atoms with E-state index in [1.165, 1.54) is 11.3 Å². The van der Waals surface area contributed by atoms with Crippen molar-refractivity contribution < 1.29 is 22.8 Å². The second-order valence-electron chi connectivity index (χ2n) is 8.44. The maximum atomic E-state index is 12.7. The molecule has 4 heterocycles. The van der Waals surface area contributed by atoms with E-state index in [0.717, 1.165) is 54.3 Å². The lowest BCUT2D eigenvalue weighted by atomic mass is 9.91. The Morgan fingerprint density at radius 3 is 2.59 bits per heavy atom. The third-order valence-corrected chi connectivity index (χ3v) is 7.17. The molecule has 0 aliphatic carbocycles. The van der Waals surface area contributed by atoms with Crippen LogP contribution in [0.4, 0.5) is 13.2 Å². The van der Waals surface area contributed by atoms with E-state index in [9.17, 15) is 22.8 Å². The quantitative estimate of drug-likeness (QED) is 0.464. The van der Waals surface area contributed by atoms with E-state index in [1.807, 2.05) is 12.1 Å². The van der Waals surface area contributed by atoms with E-state index in [2.05, 4.69) is 15.3 Å². The molecule has 2 amide bonds. The molecule has 0 aromatic carbocycles. The van der Waals surface area contributed by atoms with E-state index in [-0.39, 0.29) is 17.5 Å². The maximum absolute atomic E-state index is 12.7. The number of fused-ring (bicyclic) bond motifs is 1. The highest BCUT2D eigenvalue weighted by Crippen LogP contribution is 2.29. The second-order valence-corrected chi connectivity index (χ2v) is 9.53. The zero-order valence-corrected chi connectivity index (χ0v) is 19.3. The summed E-state index contributed by atoms with van der Waals surface area (Å²) in [5, 5.41) is 3.99. The van der Waals surface area contributed by atoms with E-state index in [4.69, 9.17) is 0 Å². The van der Waals surface area contributed by atoms with E-state index < -0.39 is 11.7 Å². The number of hydrogen-bond donors (Lipinski definition) is 1. The van der Waals surface area contributed by atoms with Crippen molar-refractivity contribution in [2.75, 3.05) is 19.6 Å². The number of unbranched alkanes of at least 4 members (excludes halogenated alkanes) is 1. The second kappa shape index (κ2) is 10.5. The topological polar surface area (TPSA) is 75.2 Å². The molecular formula is C24H25F3N4O2S. The van der Waals surface area contributed by atoms with Crippen molar-refractivity contribution in [2.24, 2.45) is 5.92 Å². The zero-order chi connectivity index (χ0) is 24.1. The Hall–Kier alpha value is -3.01. The lowest BCUT2D eigenvalue weighted by Gasteiger charge is -2.32. The fraction of sp³-hybridized carbons (Fsp3) is 0.417. The van der Waals surface area contributed by atoms with Crippen LogP contribution in [0.3, 0.4) is 0 Å². The third kappa shape index (κ3) is 5.91. The number of alkyl halides is 3. The highest BCUT2D eigenvalue weighted by molar-refractivity contribution is 7.20. The first kappa shape index (κ1) is 24.1. The average molecular weight is 491 g/mol. The molecule has 1 N–H and O–H groups in total. The van der Waals surface area contributed by atoms with Gasteiger partial charge in [0.15, 0.2) is 0 Å². The number of aromatic nitrogens is 2. The van der Waals surface area contributed by atoms with Crippen molar-refractivity contribution >= 4 is 33.2 Å². The van der Waals surface area contributed by atoms with Gasteiger partial charge in [-0.05, 0) is 54.8 Å². The number of amides is 2. The van der Waals surface area contributed by atoms with E-state index in [0.29, 0.717) is 36.6 Å². The van der Waals surface area contributed by atoms with Crippen molar-refractivity contribution in [1.82, 2.24) is 20.2 Å². The molecule has 0 atom stereocenters. The summed E-state index contributed by atoms with van der Waals surface area (Å²) in [6.07, 6.45) is 4.30. The maximum Gasteiger partial charge on any atom is 0.417 e. The summed E-state index contributed by atoms with van der Waals surface area (Å²) in [4.78, 5) is 35.0. The van der Waals surface area contributed by atoms with Crippen LogP contribution in [-0.4, -0.2) is 46.3 Å². The third-order valence-electron chi connectivity index (χ3n) is 6.08. The number of hydrogen-bond acceptors (Lipinski definition) is 5. The van der Waals surface area contributed by atoms with Crippen molar-refractivity contribution in [2.45, 2.75) is 38.3 Å². The van der Waals surface area contributed by atoms with Crippen LogP contribution in [0.25, 0.3) is 10.1 Å². The minimum absolute atomic E-state index is 0.0390. The normalized spacial score (nSPS) is 15.0. The van der Waals surface area contributed by atoms with Crippen molar-refractivity contribution in [3.05, 3.63) is 59.0 Å². The number of rotatable bonds is 7. The van der Waals surface area contributed by atoms with Crippen LogP contribution in [0.5, 0.6) is 0 Å². The number of carbonyl (C=O) groups excluding carboxylic acids is 2. The largest absolute Gasteiger partial charge is 0.417 e. The molecule has 1 aliphatic rings. The Bertz CT molecular complexity index is 1110. The Balaban J connectivity index is 1.14. The number of nitrogens with zero attached hydrogens (tertiary/aromatic N) is 3. The molecular weight excluding hydrogens is 465 g/mol. The fourth-order valence-corrected chi connectivity index (χ4v) is 5.06. The average Bonchev–Trinajstić information content (AvgIpc) is 3.28. The minimum atomic E-state index is -4.47. The number of likely N-dealkylation sites (tertiary alicyclic amines) is 1. The number of thiophene rings is 1. The van der Waals surface area contributed by atoms with Crippen LogP contribution in [0, 0.1) is 5.92 Å². The van der Waals surface area contributed by atoms with Crippen LogP contribution < -0.4 is 5.32 Å². The van der Waals surface area contributed by atoms with Gasteiger partial charge in [0.05, 0.1) is 15.1 Å². The molecule has 1 fully saturated rings. The number of piperidine rings is 1. The zero-order valence-electron chi connectivity index (χ0n) is 18.5. The molecule has 180 valence electrons. The van der Waals surface area contributed by atoms with Crippen molar-refractivity contribution in [1.29, 1.82) is 0 Å². The molecule has 0 saturated carbocycles. The van der Waals surface area contributed by atoms with Crippen LogP contribution in [0.15, 0.2) is 42.9 Å². The lowest BCUT2D eigenvalue weighted by molar-refractivity contribution is -0.137. The van der Waals surface area contributed by atoms with E-state index in [1.54, 1.807) is 17.3 Å². The molecule has 34 heavy (non-hydrogen) atoms. The van der Waals surface area contributed by atoms with Gasteiger partial charge in [-0.3, -0.25) is 19.6 Å². The van der Waals surface area contributed by atoms with Gasteiger partial charge in [0, 0.05) is 38.2 Å². The van der Waals surface area contributed by atoms with Gasteiger partial charge in [0.2, 0.25) is 0 Å². The summed E-state index contributed by atoms with van der Waals surface area (Å²) in [6, 6.07) is 5.80. The molecule has 6 nitrogen and oxygen atoms in total. The number of carbonyl (C=O) groups is 2. The highest BCUT2D eigenvalue weighted by atomic mass is 32.1. The van der Waals surface area contributed by atoms with Gasteiger partial charge in [-0.1, -0.05) is 12.8 Å². The number of nitrogens with one attached hydrogen (secondary N) is 1. The van der Waals surface area contributed by atoms with Gasteiger partial charge in [-0.15, -0.1) is 11.3 Å². The van der Waals surface area contributed by atoms with E-state index >= 15 is 0 Å². The van der Waals surface area contributed by atoms with Gasteiger partial charge < -0.3 is 10.2 Å². The molecule has 1 aliphatic heterocycles. The Kier molecular flexibility index (Phi) is 7.45. The Labute approximate surface area is 199 Å². The summed E-state index contributed by atoms with van der Waals surface area (Å²) in [7, 11) is 0. The molecule has 0 bridgehead atoms. The molecule has 1 saturated heterocycles. The molecule has 0 unspecified atom stereocenters. The Morgan fingerprint density at radius 2 is 1.91 bits per heavy atom. The first-order chi connectivity index (χ1) is 16.3. The summed E-state index contributed by atoms with van der Waals surface area (Å²) >= 11 is 1.43. The lowest BCUT2D eigenvalue weighted by Crippen LogP contribution is -2.38. The minimum Gasteiger partial charge on any atom is -0.351 e. The van der Waals surface area contributed by atoms with Gasteiger partial charge in [0.1, 0.15) is 5.69 Å². The summed E-state index contributed by atoms with van der Waals surface area (Å²) in [5.74, 6) is 0.104. The van der Waals surface area contributed by atoms with Crippen LogP contribution in [0.1, 0.15) is 57.8 Å². The van der Waals surface area contributed by atoms with Gasteiger partial charge >= 0.3 is 6.18 Å². The van der Waals surface area contributed by atoms with Crippen LogP contribution in [0.2, 0.25) is 0 Å². The van der Waals surface area contributed by atoms with Gasteiger partial charge in [-0.25, -0.2) is 0 Å². The summed E-state index contributed by atoms with van der Waals surface area (Å²) in [5.41, 5.74) is -0.822. The highest BCUT2D eigenvalue weighted by Gasteiger charge is 2.31. The van der Waals surface area contributed by atoms with Gasteiger partial charge in [-0.2, -0.15) is 13.2 Å². The first-order valence-corrected chi connectivity index (χ1v) is 12.1.